The molecule has 6 heteroatoms. The van der Waals surface area contributed by atoms with Crippen LogP contribution >= 0.6 is 0 Å². The molecule has 0 fully saturated rings. The Morgan fingerprint density at radius 3 is 2.35 bits per heavy atom. The lowest BCUT2D eigenvalue weighted by Gasteiger charge is -2.12. The zero-order valence-electron chi connectivity index (χ0n) is 15.2. The quantitative estimate of drug-likeness (QED) is 0.740. The third-order valence-electron chi connectivity index (χ3n) is 3.41. The van der Waals surface area contributed by atoms with Crippen molar-refractivity contribution in [1.82, 2.24) is 5.32 Å². The molecule has 0 spiro atoms. The number of carbonyl (C=O) groups is 1. The van der Waals surface area contributed by atoms with Crippen molar-refractivity contribution in [3.05, 3.63) is 54.2 Å². The highest BCUT2D eigenvalue weighted by Gasteiger charge is 2.07. The number of benzene rings is 2. The minimum absolute atomic E-state index is 0.346. The number of amides is 2. The second-order valence-corrected chi connectivity index (χ2v) is 5.23. The molecule has 0 aliphatic heterocycles. The predicted molar refractivity (Wildman–Crippen MR) is 103 cm³/mol. The molecule has 0 aliphatic carbocycles. The van der Waals surface area contributed by atoms with Crippen LogP contribution in [0.25, 0.3) is 6.08 Å². The van der Waals surface area contributed by atoms with Crippen LogP contribution in [0.15, 0.2) is 48.7 Å². The molecule has 0 bridgehead atoms. The summed E-state index contributed by atoms with van der Waals surface area (Å²) in [5, 5.41) is 5.42. The first-order valence-electron chi connectivity index (χ1n) is 8.44. The summed E-state index contributed by atoms with van der Waals surface area (Å²) in [6.07, 6.45) is 3.37. The fraction of sp³-hybridized carbons (Fsp3) is 0.250. The van der Waals surface area contributed by atoms with Gasteiger partial charge in [0.25, 0.3) is 0 Å². The van der Waals surface area contributed by atoms with E-state index in [2.05, 4.69) is 10.6 Å². The second kappa shape index (κ2) is 9.98. The van der Waals surface area contributed by atoms with Crippen LogP contribution in [0.5, 0.6) is 17.2 Å². The monoisotopic (exact) mass is 356 g/mol. The van der Waals surface area contributed by atoms with Crippen LogP contribution in [0.2, 0.25) is 0 Å². The first kappa shape index (κ1) is 19.2. The van der Waals surface area contributed by atoms with Crippen LogP contribution in [0.4, 0.5) is 10.5 Å². The van der Waals surface area contributed by atoms with Crippen LogP contribution in [0.3, 0.4) is 0 Å². The van der Waals surface area contributed by atoms with Gasteiger partial charge in [0, 0.05) is 18.0 Å². The summed E-state index contributed by atoms with van der Waals surface area (Å²) in [4.78, 5) is 12.0. The minimum Gasteiger partial charge on any atom is -0.497 e. The van der Waals surface area contributed by atoms with Crippen LogP contribution in [0.1, 0.15) is 19.4 Å². The lowest BCUT2D eigenvalue weighted by molar-refractivity contribution is 0.255. The van der Waals surface area contributed by atoms with Gasteiger partial charge in [0.2, 0.25) is 0 Å². The maximum atomic E-state index is 12.0. The first-order chi connectivity index (χ1) is 12.7. The number of carbonyl (C=O) groups excluding carboxylic acids is 1. The standard InChI is InChI=1S/C20H24N2O4/c1-4-25-18-11-8-16(14-19(18)26-5-2)22-20(23)21-13-12-15-6-9-17(24-3)10-7-15/h6-14H,4-5H2,1-3H3,(H2,21,22,23)/b13-12+. The van der Waals surface area contributed by atoms with E-state index in [1.807, 2.05) is 38.1 Å². The smallest absolute Gasteiger partial charge is 0.323 e. The highest BCUT2D eigenvalue weighted by molar-refractivity contribution is 5.90. The van der Waals surface area contributed by atoms with Crippen LogP contribution < -0.4 is 24.8 Å². The van der Waals surface area contributed by atoms with Crippen molar-refractivity contribution in [2.24, 2.45) is 0 Å². The molecule has 2 rings (SSSR count). The van der Waals surface area contributed by atoms with E-state index in [1.54, 1.807) is 37.6 Å². The molecule has 0 aromatic heterocycles. The zero-order chi connectivity index (χ0) is 18.8. The maximum absolute atomic E-state index is 12.0. The topological polar surface area (TPSA) is 68.8 Å². The fourth-order valence-electron chi connectivity index (χ4n) is 2.22. The number of urea groups is 1. The molecule has 0 heterocycles. The van der Waals surface area contributed by atoms with Crippen LogP contribution in [-0.4, -0.2) is 26.4 Å². The highest BCUT2D eigenvalue weighted by Crippen LogP contribution is 2.30. The van der Waals surface area contributed by atoms with Gasteiger partial charge < -0.3 is 24.8 Å². The van der Waals surface area contributed by atoms with E-state index < -0.39 is 0 Å². The molecule has 0 atom stereocenters. The number of rotatable bonds is 8. The van der Waals surface area contributed by atoms with E-state index in [4.69, 9.17) is 14.2 Å². The molecule has 0 aliphatic rings. The second-order valence-electron chi connectivity index (χ2n) is 5.23. The Morgan fingerprint density at radius 1 is 1.00 bits per heavy atom. The average Bonchev–Trinajstić information content (AvgIpc) is 2.65. The van der Waals surface area contributed by atoms with E-state index in [1.165, 1.54) is 0 Å². The van der Waals surface area contributed by atoms with E-state index >= 15 is 0 Å². The van der Waals surface area contributed by atoms with Crippen molar-refractivity contribution in [3.63, 3.8) is 0 Å². The van der Waals surface area contributed by atoms with Crippen molar-refractivity contribution < 1.29 is 19.0 Å². The summed E-state index contributed by atoms with van der Waals surface area (Å²) in [7, 11) is 1.62. The van der Waals surface area contributed by atoms with Gasteiger partial charge in [-0.25, -0.2) is 4.79 Å². The molecule has 2 aromatic rings. The summed E-state index contributed by atoms with van der Waals surface area (Å²) in [5.41, 5.74) is 1.57. The Morgan fingerprint density at radius 2 is 1.69 bits per heavy atom. The lowest BCUT2D eigenvalue weighted by atomic mass is 10.2. The number of anilines is 1. The Bertz CT molecular complexity index is 742. The van der Waals surface area contributed by atoms with Gasteiger partial charge in [-0.15, -0.1) is 0 Å². The molecule has 6 nitrogen and oxygen atoms in total. The van der Waals surface area contributed by atoms with Gasteiger partial charge in [-0.2, -0.15) is 0 Å². The Labute approximate surface area is 153 Å². The SMILES string of the molecule is CCOc1ccc(NC(=O)N/C=C/c2ccc(OC)cc2)cc1OCC. The molecule has 2 amide bonds. The van der Waals surface area contributed by atoms with Crippen LogP contribution in [0, 0.1) is 0 Å². The van der Waals surface area contributed by atoms with Crippen LogP contribution in [-0.2, 0) is 0 Å². The van der Waals surface area contributed by atoms with Crippen molar-refractivity contribution in [1.29, 1.82) is 0 Å². The average molecular weight is 356 g/mol. The van der Waals surface area contributed by atoms with Crippen molar-refractivity contribution in [2.45, 2.75) is 13.8 Å². The van der Waals surface area contributed by atoms with E-state index in [0.717, 1.165) is 11.3 Å². The van der Waals surface area contributed by atoms with Gasteiger partial charge in [0.15, 0.2) is 11.5 Å². The van der Waals surface area contributed by atoms with Crippen molar-refractivity contribution in [2.75, 3.05) is 25.6 Å². The molecule has 0 unspecified atom stereocenters. The number of ether oxygens (including phenoxy) is 3. The summed E-state index contributed by atoms with van der Waals surface area (Å²) in [5.74, 6) is 2.04. The number of methoxy groups -OCH3 is 1. The maximum Gasteiger partial charge on any atom is 0.323 e. The third kappa shape index (κ3) is 5.73. The lowest BCUT2D eigenvalue weighted by Crippen LogP contribution is -2.23. The zero-order valence-corrected chi connectivity index (χ0v) is 15.2. The molecule has 138 valence electrons. The molecule has 0 saturated heterocycles. The molecule has 26 heavy (non-hydrogen) atoms. The van der Waals surface area contributed by atoms with Gasteiger partial charge >= 0.3 is 6.03 Å². The fourth-order valence-corrected chi connectivity index (χ4v) is 2.22. The van der Waals surface area contributed by atoms with Gasteiger partial charge in [-0.05, 0) is 49.8 Å². The number of hydrogen-bond acceptors (Lipinski definition) is 4. The van der Waals surface area contributed by atoms with E-state index in [-0.39, 0.29) is 6.03 Å². The van der Waals surface area contributed by atoms with Gasteiger partial charge in [-0.3, -0.25) is 0 Å². The molecule has 2 N–H and O–H groups in total. The highest BCUT2D eigenvalue weighted by atomic mass is 16.5. The predicted octanol–water partition coefficient (Wildman–Crippen LogP) is 4.29. The summed E-state index contributed by atoms with van der Waals surface area (Å²) in [6.45, 7) is 4.86. The Balaban J connectivity index is 1.93. The molecule has 0 radical (unpaired) electrons. The van der Waals surface area contributed by atoms with E-state index in [9.17, 15) is 4.79 Å². The molecular weight excluding hydrogens is 332 g/mol. The number of nitrogens with one attached hydrogen (secondary N) is 2. The molecule has 0 saturated carbocycles. The Hall–Kier alpha value is -3.15. The molecular formula is C20H24N2O4. The minimum atomic E-state index is -0.346. The Kier molecular flexibility index (Phi) is 7.36. The largest absolute Gasteiger partial charge is 0.497 e. The van der Waals surface area contributed by atoms with E-state index in [0.29, 0.717) is 30.4 Å². The van der Waals surface area contributed by atoms with Gasteiger partial charge in [-0.1, -0.05) is 12.1 Å². The third-order valence-corrected chi connectivity index (χ3v) is 3.41. The van der Waals surface area contributed by atoms with Gasteiger partial charge in [0.1, 0.15) is 5.75 Å². The number of hydrogen-bond donors (Lipinski definition) is 2. The normalized spacial score (nSPS) is 10.4. The van der Waals surface area contributed by atoms with Crippen molar-refractivity contribution >= 4 is 17.8 Å². The van der Waals surface area contributed by atoms with Gasteiger partial charge in [0.05, 0.1) is 20.3 Å². The summed E-state index contributed by atoms with van der Waals surface area (Å²) < 4.78 is 16.2. The van der Waals surface area contributed by atoms with Crippen molar-refractivity contribution in [3.8, 4) is 17.2 Å². The first-order valence-corrected chi connectivity index (χ1v) is 8.44. The summed E-state index contributed by atoms with van der Waals surface area (Å²) in [6, 6.07) is 12.4. The molecule has 2 aromatic carbocycles. The summed E-state index contributed by atoms with van der Waals surface area (Å²) >= 11 is 0.